The van der Waals surface area contributed by atoms with Crippen LogP contribution in [-0.4, -0.2) is 23.8 Å². The molecule has 1 aliphatic carbocycles. The van der Waals surface area contributed by atoms with E-state index >= 15 is 0 Å². The predicted octanol–water partition coefficient (Wildman–Crippen LogP) is 1.93. The first-order chi connectivity index (χ1) is 6.77. The second kappa shape index (κ2) is 4.63. The minimum Gasteiger partial charge on any atom is -0.393 e. The zero-order valence-electron chi connectivity index (χ0n) is 9.21. The Morgan fingerprint density at radius 3 is 2.71 bits per heavy atom. The Bertz CT molecular complexity index is 177. The van der Waals surface area contributed by atoms with E-state index in [9.17, 15) is 5.11 Å². The zero-order chi connectivity index (χ0) is 9.97. The van der Waals surface area contributed by atoms with Gasteiger partial charge in [-0.1, -0.05) is 13.3 Å². The molecule has 1 saturated carbocycles. The summed E-state index contributed by atoms with van der Waals surface area (Å²) in [7, 11) is 0. The topological polar surface area (TPSA) is 32.3 Å². The van der Waals surface area contributed by atoms with Gasteiger partial charge in [-0.2, -0.15) is 0 Å². The van der Waals surface area contributed by atoms with Crippen LogP contribution >= 0.6 is 0 Å². The molecule has 0 aromatic heterocycles. The molecule has 1 aliphatic heterocycles. The van der Waals surface area contributed by atoms with Gasteiger partial charge in [0.05, 0.1) is 6.10 Å². The summed E-state index contributed by atoms with van der Waals surface area (Å²) in [4.78, 5) is 0. The highest BCUT2D eigenvalue weighted by Crippen LogP contribution is 2.33. The summed E-state index contributed by atoms with van der Waals surface area (Å²) < 4.78 is 0. The molecular weight excluding hydrogens is 174 g/mol. The molecule has 2 heteroatoms. The number of nitrogens with one attached hydrogen (secondary N) is 1. The first-order valence-electron chi connectivity index (χ1n) is 6.19. The molecule has 1 heterocycles. The summed E-state index contributed by atoms with van der Waals surface area (Å²) >= 11 is 0. The third-order valence-corrected chi connectivity index (χ3v) is 3.99. The molecule has 2 fully saturated rings. The average molecular weight is 197 g/mol. The molecule has 0 bridgehead atoms. The van der Waals surface area contributed by atoms with Crippen molar-refractivity contribution < 1.29 is 5.11 Å². The second-order valence-electron chi connectivity index (χ2n) is 5.21. The molecule has 0 amide bonds. The number of aliphatic hydroxyl groups excluding tert-OH is 1. The van der Waals surface area contributed by atoms with Gasteiger partial charge >= 0.3 is 0 Å². The van der Waals surface area contributed by atoms with Crippen LogP contribution in [0.1, 0.15) is 45.4 Å². The lowest BCUT2D eigenvalue weighted by Crippen LogP contribution is -2.46. The van der Waals surface area contributed by atoms with Crippen molar-refractivity contribution in [3.8, 4) is 0 Å². The third kappa shape index (κ3) is 2.29. The number of aliphatic hydroxyl groups is 1. The molecule has 4 atom stereocenters. The Morgan fingerprint density at radius 1 is 1.14 bits per heavy atom. The van der Waals surface area contributed by atoms with Gasteiger partial charge in [0.2, 0.25) is 0 Å². The Labute approximate surface area is 87.1 Å². The Hall–Kier alpha value is -0.0800. The van der Waals surface area contributed by atoms with Crippen LogP contribution in [-0.2, 0) is 0 Å². The Balaban J connectivity index is 1.92. The lowest BCUT2D eigenvalue weighted by atomic mass is 9.75. The van der Waals surface area contributed by atoms with Crippen LogP contribution in [0.2, 0.25) is 0 Å². The van der Waals surface area contributed by atoms with Crippen molar-refractivity contribution in [3.05, 3.63) is 0 Å². The van der Waals surface area contributed by atoms with Gasteiger partial charge in [0.25, 0.3) is 0 Å². The van der Waals surface area contributed by atoms with E-state index in [1.807, 2.05) is 0 Å². The van der Waals surface area contributed by atoms with Gasteiger partial charge in [-0.15, -0.1) is 0 Å². The van der Waals surface area contributed by atoms with E-state index in [4.69, 9.17) is 0 Å². The summed E-state index contributed by atoms with van der Waals surface area (Å²) in [6.07, 6.45) is 7.34. The van der Waals surface area contributed by atoms with Gasteiger partial charge in [-0.05, 0) is 44.6 Å². The van der Waals surface area contributed by atoms with Crippen molar-refractivity contribution in [2.75, 3.05) is 6.54 Å². The monoisotopic (exact) mass is 197 g/mol. The third-order valence-electron chi connectivity index (χ3n) is 3.99. The zero-order valence-corrected chi connectivity index (χ0v) is 9.21. The molecule has 2 aliphatic rings. The Morgan fingerprint density at radius 2 is 2.00 bits per heavy atom. The minimum atomic E-state index is -0.0400. The second-order valence-corrected chi connectivity index (χ2v) is 5.21. The normalized spacial score (nSPS) is 45.0. The van der Waals surface area contributed by atoms with Crippen LogP contribution in [0.3, 0.4) is 0 Å². The fourth-order valence-electron chi connectivity index (χ4n) is 3.09. The molecule has 2 rings (SSSR count). The number of hydrogen-bond donors (Lipinski definition) is 2. The van der Waals surface area contributed by atoms with Crippen LogP contribution in [0.4, 0.5) is 0 Å². The van der Waals surface area contributed by atoms with Crippen molar-refractivity contribution in [3.63, 3.8) is 0 Å². The lowest BCUT2D eigenvalue weighted by Gasteiger charge is -2.39. The minimum absolute atomic E-state index is 0.0400. The number of hydrogen-bond acceptors (Lipinski definition) is 2. The average Bonchev–Trinajstić information content (AvgIpc) is 2.23. The van der Waals surface area contributed by atoms with Crippen molar-refractivity contribution in [1.29, 1.82) is 0 Å². The van der Waals surface area contributed by atoms with Crippen molar-refractivity contribution in [2.24, 2.45) is 11.8 Å². The van der Waals surface area contributed by atoms with E-state index in [1.54, 1.807) is 0 Å². The molecule has 0 aromatic rings. The van der Waals surface area contributed by atoms with Gasteiger partial charge in [-0.3, -0.25) is 0 Å². The smallest absolute Gasteiger partial charge is 0.0583 e. The summed E-state index contributed by atoms with van der Waals surface area (Å²) in [6.45, 7) is 3.48. The standard InChI is InChI=1S/C12H23NO/c1-9-5-6-12(14)10(8-9)11-4-2-3-7-13-11/h9-14H,2-8H2,1H3/t9-,10-,11-,12+/m1/s1. The number of piperidine rings is 1. The van der Waals surface area contributed by atoms with Crippen LogP contribution in [0.15, 0.2) is 0 Å². The largest absolute Gasteiger partial charge is 0.393 e. The highest BCUT2D eigenvalue weighted by Gasteiger charge is 2.33. The summed E-state index contributed by atoms with van der Waals surface area (Å²) in [5.74, 6) is 1.34. The lowest BCUT2D eigenvalue weighted by molar-refractivity contribution is 0.0257. The molecule has 0 unspecified atom stereocenters. The first kappa shape index (κ1) is 10.4. The van der Waals surface area contributed by atoms with Crippen molar-refractivity contribution >= 4 is 0 Å². The molecule has 2 N–H and O–H groups in total. The van der Waals surface area contributed by atoms with Gasteiger partial charge in [0, 0.05) is 12.0 Å². The van der Waals surface area contributed by atoms with E-state index in [1.165, 1.54) is 32.1 Å². The molecule has 1 saturated heterocycles. The van der Waals surface area contributed by atoms with E-state index < -0.39 is 0 Å². The summed E-state index contributed by atoms with van der Waals surface area (Å²) in [6, 6.07) is 0.599. The fourth-order valence-corrected chi connectivity index (χ4v) is 3.09. The predicted molar refractivity (Wildman–Crippen MR) is 58.2 cm³/mol. The van der Waals surface area contributed by atoms with E-state index in [0.717, 1.165) is 18.9 Å². The maximum absolute atomic E-state index is 10.00. The van der Waals surface area contributed by atoms with Gasteiger partial charge < -0.3 is 10.4 Å². The van der Waals surface area contributed by atoms with Crippen LogP contribution in [0.5, 0.6) is 0 Å². The van der Waals surface area contributed by atoms with Crippen molar-refractivity contribution in [2.45, 2.75) is 57.6 Å². The molecule has 0 radical (unpaired) electrons. The molecule has 0 aromatic carbocycles. The molecule has 82 valence electrons. The quantitative estimate of drug-likeness (QED) is 0.673. The van der Waals surface area contributed by atoms with Gasteiger partial charge in [0.15, 0.2) is 0 Å². The Kier molecular flexibility index (Phi) is 3.45. The molecule has 2 nitrogen and oxygen atoms in total. The van der Waals surface area contributed by atoms with Crippen molar-refractivity contribution in [1.82, 2.24) is 5.32 Å². The van der Waals surface area contributed by atoms with E-state index in [-0.39, 0.29) is 6.10 Å². The first-order valence-corrected chi connectivity index (χ1v) is 6.19. The summed E-state index contributed by atoms with van der Waals surface area (Å²) in [5, 5.41) is 13.6. The summed E-state index contributed by atoms with van der Waals surface area (Å²) in [5.41, 5.74) is 0. The molecular formula is C12H23NO. The maximum Gasteiger partial charge on any atom is 0.0583 e. The van der Waals surface area contributed by atoms with E-state index in [0.29, 0.717) is 12.0 Å². The SMILES string of the molecule is C[C@@H]1CC[C@H](O)[C@@H]([C@H]2CCCCN2)C1. The van der Waals surface area contributed by atoms with Gasteiger partial charge in [-0.25, -0.2) is 0 Å². The maximum atomic E-state index is 10.00. The van der Waals surface area contributed by atoms with Crippen LogP contribution < -0.4 is 5.32 Å². The molecule has 0 spiro atoms. The van der Waals surface area contributed by atoms with Crippen LogP contribution in [0, 0.1) is 11.8 Å². The van der Waals surface area contributed by atoms with E-state index in [2.05, 4.69) is 12.2 Å². The highest BCUT2D eigenvalue weighted by molar-refractivity contribution is 4.88. The highest BCUT2D eigenvalue weighted by atomic mass is 16.3. The fraction of sp³-hybridized carbons (Fsp3) is 1.00. The number of rotatable bonds is 1. The van der Waals surface area contributed by atoms with Crippen LogP contribution in [0.25, 0.3) is 0 Å². The molecule has 14 heavy (non-hydrogen) atoms. The van der Waals surface area contributed by atoms with Gasteiger partial charge in [0.1, 0.15) is 0 Å².